The zero-order valence-corrected chi connectivity index (χ0v) is 26.8. The van der Waals surface area contributed by atoms with Crippen molar-refractivity contribution in [2.75, 3.05) is 13.7 Å². The van der Waals surface area contributed by atoms with Gasteiger partial charge in [0.15, 0.2) is 0 Å². The number of amides is 2. The molecule has 0 aliphatic carbocycles. The van der Waals surface area contributed by atoms with E-state index in [0.29, 0.717) is 23.8 Å². The van der Waals surface area contributed by atoms with E-state index in [-0.39, 0.29) is 18.4 Å². The monoisotopic (exact) mass is 674 g/mol. The number of alkyl carbamates (subject to hydrolysis) is 1. The molecule has 0 bridgehead atoms. The smallest absolute Gasteiger partial charge is 0.407 e. The Morgan fingerprint density at radius 2 is 1.82 bits per heavy atom. The van der Waals surface area contributed by atoms with E-state index in [9.17, 15) is 9.59 Å². The largest absolute Gasteiger partial charge is 0.471 e. The molecule has 0 radical (unpaired) electrons. The highest BCUT2D eigenvalue weighted by Gasteiger charge is 2.43. The molecule has 2 amide bonds. The molecule has 1 aliphatic rings. The molecule has 3 atom stereocenters. The summed E-state index contributed by atoms with van der Waals surface area (Å²) in [6, 6.07) is 18.3. The van der Waals surface area contributed by atoms with Crippen molar-refractivity contribution in [3.8, 4) is 27.7 Å². The van der Waals surface area contributed by atoms with Gasteiger partial charge in [-0.3, -0.25) is 4.79 Å². The molecule has 3 aromatic heterocycles. The summed E-state index contributed by atoms with van der Waals surface area (Å²) in [6.45, 7) is 4.03. The number of para-hydroxylation sites is 2. The van der Waals surface area contributed by atoms with Gasteiger partial charge >= 0.3 is 6.09 Å². The summed E-state index contributed by atoms with van der Waals surface area (Å²) in [4.78, 5) is 46.8. The second kappa shape index (κ2) is 12.7. The van der Waals surface area contributed by atoms with Crippen LogP contribution in [0.2, 0.25) is 0 Å². The predicted octanol–water partition coefficient (Wildman–Crippen LogP) is 6.61. The zero-order chi connectivity index (χ0) is 30.8. The molecule has 10 nitrogen and oxygen atoms in total. The summed E-state index contributed by atoms with van der Waals surface area (Å²) >= 11 is 5.04. The van der Waals surface area contributed by atoms with Crippen molar-refractivity contribution in [3.05, 3.63) is 82.5 Å². The standard InChI is InChI=1S/C32H31BrN6O4S/c1-18(2)27(38-32(41)42-3)31(40)39-17-21(15-25(39)29-34-16-24(36-29)19-10-12-20(33)13-11-19)43-30-28(26-9-6-14-44-26)35-22-7-4-5-8-23(22)37-30/h4-14,16,18,21,25,27H,15,17H2,1-3H3,(H,34,36)(H,38,41)/t21-,25+,27+/m1/s1. The molecule has 0 unspecified atom stereocenters. The Morgan fingerprint density at radius 3 is 2.50 bits per heavy atom. The highest BCUT2D eigenvalue weighted by molar-refractivity contribution is 9.10. The minimum Gasteiger partial charge on any atom is -0.471 e. The summed E-state index contributed by atoms with van der Waals surface area (Å²) < 4.78 is 12.4. The molecule has 2 N–H and O–H groups in total. The van der Waals surface area contributed by atoms with Crippen LogP contribution in [0.3, 0.4) is 0 Å². The Labute approximate surface area is 267 Å². The third-order valence-corrected chi connectivity index (χ3v) is 8.98. The fourth-order valence-corrected chi connectivity index (χ4v) is 6.31. The molecule has 12 heteroatoms. The molecule has 5 aromatic rings. The van der Waals surface area contributed by atoms with E-state index in [4.69, 9.17) is 24.4 Å². The summed E-state index contributed by atoms with van der Waals surface area (Å²) in [6.07, 6.45) is 1.15. The number of methoxy groups -OCH3 is 1. The number of H-pyrrole nitrogens is 1. The number of likely N-dealkylation sites (tertiary alicyclic amines) is 1. The lowest BCUT2D eigenvalue weighted by atomic mass is 10.0. The molecule has 0 saturated carbocycles. The lowest BCUT2D eigenvalue weighted by Crippen LogP contribution is -2.51. The van der Waals surface area contributed by atoms with E-state index >= 15 is 0 Å². The van der Waals surface area contributed by atoms with Crippen LogP contribution in [0.25, 0.3) is 32.9 Å². The van der Waals surface area contributed by atoms with Crippen LogP contribution in [0.4, 0.5) is 4.79 Å². The van der Waals surface area contributed by atoms with Crippen molar-refractivity contribution in [1.82, 2.24) is 30.2 Å². The van der Waals surface area contributed by atoms with Gasteiger partial charge in [-0.05, 0) is 47.2 Å². The summed E-state index contributed by atoms with van der Waals surface area (Å²) in [5.41, 5.74) is 3.95. The minimum atomic E-state index is -0.799. The first kappa shape index (κ1) is 29.8. The fourth-order valence-electron chi connectivity index (χ4n) is 5.34. The quantitative estimate of drug-likeness (QED) is 0.190. The molecule has 44 heavy (non-hydrogen) atoms. The Balaban J connectivity index is 1.35. The van der Waals surface area contributed by atoms with Crippen LogP contribution in [-0.2, 0) is 9.53 Å². The number of nitrogens with zero attached hydrogens (tertiary/aromatic N) is 4. The first-order valence-corrected chi connectivity index (χ1v) is 15.9. The lowest BCUT2D eigenvalue weighted by Gasteiger charge is -2.29. The first-order chi connectivity index (χ1) is 21.3. The summed E-state index contributed by atoms with van der Waals surface area (Å²) in [5, 5.41) is 4.70. The molecule has 1 saturated heterocycles. The fraction of sp³-hybridized carbons (Fsp3) is 0.281. The number of hydrogen-bond acceptors (Lipinski definition) is 8. The van der Waals surface area contributed by atoms with Crippen LogP contribution in [0.5, 0.6) is 5.88 Å². The van der Waals surface area contributed by atoms with Crippen LogP contribution < -0.4 is 10.1 Å². The van der Waals surface area contributed by atoms with E-state index in [1.807, 2.05) is 79.9 Å². The van der Waals surface area contributed by atoms with Crippen LogP contribution in [-0.4, -0.2) is 62.6 Å². The third-order valence-electron chi connectivity index (χ3n) is 7.58. The maximum atomic E-state index is 14.1. The number of nitrogens with one attached hydrogen (secondary N) is 2. The molecule has 1 fully saturated rings. The SMILES string of the molecule is COC(=O)N[C@H](C(=O)N1C[C@H](Oc2nc3ccccc3nc2-c2cccs2)C[C@H]1c1ncc(-c2ccc(Br)cc2)[nH]1)C(C)C. The van der Waals surface area contributed by atoms with E-state index in [0.717, 1.165) is 31.6 Å². The van der Waals surface area contributed by atoms with Gasteiger partial charge in [-0.25, -0.2) is 19.7 Å². The number of ether oxygens (including phenoxy) is 2. The Kier molecular flexibility index (Phi) is 8.62. The average Bonchev–Trinajstić information content (AvgIpc) is 3.81. The topological polar surface area (TPSA) is 122 Å². The normalized spacial score (nSPS) is 17.2. The Hall–Kier alpha value is -4.29. The van der Waals surface area contributed by atoms with Crippen molar-refractivity contribution in [1.29, 1.82) is 0 Å². The van der Waals surface area contributed by atoms with Crippen molar-refractivity contribution >= 4 is 50.3 Å². The number of thiophene rings is 1. The van der Waals surface area contributed by atoms with Crippen molar-refractivity contribution in [2.45, 2.75) is 38.5 Å². The molecule has 4 heterocycles. The Bertz CT molecular complexity index is 1780. The number of aromatic amines is 1. The number of carbonyl (C=O) groups excluding carboxylic acids is 2. The van der Waals surface area contributed by atoms with Crippen LogP contribution >= 0.6 is 27.3 Å². The van der Waals surface area contributed by atoms with Gasteiger partial charge < -0.3 is 24.7 Å². The number of carbonyl (C=O) groups is 2. The highest BCUT2D eigenvalue weighted by Crippen LogP contribution is 2.38. The van der Waals surface area contributed by atoms with Crippen LogP contribution in [0, 0.1) is 5.92 Å². The van der Waals surface area contributed by atoms with E-state index in [1.54, 1.807) is 22.4 Å². The van der Waals surface area contributed by atoms with Crippen LogP contribution in [0.1, 0.15) is 32.1 Å². The van der Waals surface area contributed by atoms with Gasteiger partial charge in [-0.2, -0.15) is 0 Å². The average molecular weight is 676 g/mol. The number of aromatic nitrogens is 4. The number of hydrogen-bond donors (Lipinski definition) is 2. The van der Waals surface area contributed by atoms with Gasteiger partial charge in [0.25, 0.3) is 0 Å². The van der Waals surface area contributed by atoms with Gasteiger partial charge in [-0.15, -0.1) is 11.3 Å². The van der Waals surface area contributed by atoms with E-state index < -0.39 is 24.3 Å². The second-order valence-corrected chi connectivity index (χ2v) is 12.7. The first-order valence-electron chi connectivity index (χ1n) is 14.2. The highest BCUT2D eigenvalue weighted by atomic mass is 79.9. The van der Waals surface area contributed by atoms with Crippen molar-refractivity contribution < 1.29 is 19.1 Å². The lowest BCUT2D eigenvalue weighted by molar-refractivity contribution is -0.135. The molecule has 6 rings (SSSR count). The van der Waals surface area contributed by atoms with E-state index in [2.05, 4.69) is 26.2 Å². The molecule has 2 aromatic carbocycles. The minimum absolute atomic E-state index is 0.186. The molecule has 226 valence electrons. The molecular weight excluding hydrogens is 644 g/mol. The van der Waals surface area contributed by atoms with Crippen LogP contribution in [0.15, 0.2) is 76.7 Å². The zero-order valence-electron chi connectivity index (χ0n) is 24.4. The number of halogens is 1. The molecule has 1 aliphatic heterocycles. The van der Waals surface area contributed by atoms with Gasteiger partial charge in [-0.1, -0.05) is 60.1 Å². The maximum absolute atomic E-state index is 14.1. The van der Waals surface area contributed by atoms with E-state index in [1.165, 1.54) is 7.11 Å². The number of imidazole rings is 1. The van der Waals surface area contributed by atoms with Gasteiger partial charge in [0.2, 0.25) is 11.8 Å². The maximum Gasteiger partial charge on any atom is 0.407 e. The second-order valence-electron chi connectivity index (χ2n) is 10.9. The molecule has 0 spiro atoms. The third kappa shape index (κ3) is 6.18. The molecular formula is C32H31BrN6O4S. The number of benzene rings is 2. The number of fused-ring (bicyclic) bond motifs is 1. The predicted molar refractivity (Wildman–Crippen MR) is 172 cm³/mol. The number of rotatable bonds is 8. The van der Waals surface area contributed by atoms with Gasteiger partial charge in [0.1, 0.15) is 23.7 Å². The van der Waals surface area contributed by atoms with Gasteiger partial charge in [0.05, 0.1) is 47.5 Å². The van der Waals surface area contributed by atoms with Gasteiger partial charge in [0, 0.05) is 10.9 Å². The Morgan fingerprint density at radius 1 is 1.07 bits per heavy atom. The summed E-state index contributed by atoms with van der Waals surface area (Å²) in [5.74, 6) is 0.610. The summed E-state index contributed by atoms with van der Waals surface area (Å²) in [7, 11) is 1.28. The van der Waals surface area contributed by atoms with Crippen molar-refractivity contribution in [2.24, 2.45) is 5.92 Å². The van der Waals surface area contributed by atoms with Crippen molar-refractivity contribution in [3.63, 3.8) is 0 Å².